The summed E-state index contributed by atoms with van der Waals surface area (Å²) in [5.41, 5.74) is -0.0200. The highest BCUT2D eigenvalue weighted by molar-refractivity contribution is 5.80. The molecule has 0 aliphatic carbocycles. The van der Waals surface area contributed by atoms with E-state index in [2.05, 4.69) is 10.6 Å². The van der Waals surface area contributed by atoms with Crippen molar-refractivity contribution in [3.8, 4) is 0 Å². The summed E-state index contributed by atoms with van der Waals surface area (Å²) in [7, 11) is 0. The van der Waals surface area contributed by atoms with Gasteiger partial charge in [-0.15, -0.1) is 0 Å². The van der Waals surface area contributed by atoms with Crippen LogP contribution in [-0.4, -0.2) is 19.0 Å². The van der Waals surface area contributed by atoms with Crippen LogP contribution in [-0.2, 0) is 11.0 Å². The van der Waals surface area contributed by atoms with Crippen LogP contribution in [0, 0.1) is 11.8 Å². The van der Waals surface area contributed by atoms with Crippen molar-refractivity contribution >= 4 is 5.91 Å². The summed E-state index contributed by atoms with van der Waals surface area (Å²) in [6.45, 7) is 5.24. The van der Waals surface area contributed by atoms with E-state index < -0.39 is 11.7 Å². The lowest BCUT2D eigenvalue weighted by molar-refractivity contribution is -0.137. The second-order valence-electron chi connectivity index (χ2n) is 5.59. The van der Waals surface area contributed by atoms with E-state index >= 15 is 0 Å². The number of hydrogen-bond acceptors (Lipinski definition) is 2. The molecule has 0 aromatic heterocycles. The molecule has 1 unspecified atom stereocenters. The second-order valence-corrected chi connectivity index (χ2v) is 5.59. The molecular formula is C15H19F3N2O. The first-order chi connectivity index (χ1) is 9.79. The minimum atomic E-state index is -4.34. The molecule has 0 saturated carbocycles. The lowest BCUT2D eigenvalue weighted by Gasteiger charge is -2.19. The van der Waals surface area contributed by atoms with E-state index in [9.17, 15) is 18.0 Å². The largest absolute Gasteiger partial charge is 0.416 e. The summed E-state index contributed by atoms with van der Waals surface area (Å²) < 4.78 is 37.5. The molecule has 2 rings (SSSR count). The minimum Gasteiger partial charge on any atom is -0.349 e. The molecule has 3 atom stereocenters. The Morgan fingerprint density at radius 2 is 1.90 bits per heavy atom. The van der Waals surface area contributed by atoms with Crippen molar-refractivity contribution in [1.82, 2.24) is 10.6 Å². The summed E-state index contributed by atoms with van der Waals surface area (Å²) in [6, 6.07) is 4.58. The van der Waals surface area contributed by atoms with Gasteiger partial charge >= 0.3 is 6.18 Å². The predicted molar refractivity (Wildman–Crippen MR) is 73.5 cm³/mol. The third-order valence-electron chi connectivity index (χ3n) is 3.95. The van der Waals surface area contributed by atoms with Crippen molar-refractivity contribution in [1.29, 1.82) is 0 Å². The van der Waals surface area contributed by atoms with Crippen LogP contribution in [0.3, 0.4) is 0 Å². The normalized spacial score (nSPS) is 23.9. The fourth-order valence-corrected chi connectivity index (χ4v) is 2.53. The molecular weight excluding hydrogens is 281 g/mol. The average Bonchev–Trinajstić information content (AvgIpc) is 2.84. The molecule has 1 fully saturated rings. The Bertz CT molecular complexity index is 499. The Morgan fingerprint density at radius 3 is 2.38 bits per heavy atom. The zero-order valence-corrected chi connectivity index (χ0v) is 12.0. The van der Waals surface area contributed by atoms with Gasteiger partial charge in [0.1, 0.15) is 0 Å². The van der Waals surface area contributed by atoms with Crippen molar-refractivity contribution in [2.45, 2.75) is 26.1 Å². The van der Waals surface area contributed by atoms with Gasteiger partial charge in [0.25, 0.3) is 0 Å². The average molecular weight is 300 g/mol. The molecule has 1 saturated heterocycles. The maximum Gasteiger partial charge on any atom is 0.416 e. The summed E-state index contributed by atoms with van der Waals surface area (Å²) in [5.74, 6) is 0.131. The Morgan fingerprint density at radius 1 is 1.29 bits per heavy atom. The van der Waals surface area contributed by atoms with Gasteiger partial charge in [0, 0.05) is 6.54 Å². The van der Waals surface area contributed by atoms with Crippen LogP contribution >= 0.6 is 0 Å². The van der Waals surface area contributed by atoms with Gasteiger partial charge in [-0.05, 0) is 37.1 Å². The van der Waals surface area contributed by atoms with Crippen LogP contribution in [0.15, 0.2) is 24.3 Å². The Hall–Kier alpha value is -1.56. The summed E-state index contributed by atoms with van der Waals surface area (Å²) in [6.07, 6.45) is -4.34. The summed E-state index contributed by atoms with van der Waals surface area (Å²) in [5, 5.41) is 6.02. The number of amides is 1. The number of hydrogen-bond donors (Lipinski definition) is 2. The molecule has 1 amide bonds. The molecule has 1 aliphatic heterocycles. The first-order valence-electron chi connectivity index (χ1n) is 6.97. The van der Waals surface area contributed by atoms with Gasteiger partial charge in [0.2, 0.25) is 5.91 Å². The Labute approximate surface area is 121 Å². The first kappa shape index (κ1) is 15.8. The van der Waals surface area contributed by atoms with Crippen molar-refractivity contribution in [2.24, 2.45) is 11.8 Å². The number of rotatable bonds is 3. The first-order valence-corrected chi connectivity index (χ1v) is 6.97. The van der Waals surface area contributed by atoms with Crippen molar-refractivity contribution in [2.75, 3.05) is 13.1 Å². The van der Waals surface area contributed by atoms with Crippen molar-refractivity contribution in [3.63, 3.8) is 0 Å². The van der Waals surface area contributed by atoms with E-state index in [1.165, 1.54) is 12.1 Å². The molecule has 116 valence electrons. The molecule has 21 heavy (non-hydrogen) atoms. The van der Waals surface area contributed by atoms with E-state index in [1.54, 1.807) is 6.92 Å². The zero-order valence-electron chi connectivity index (χ0n) is 12.0. The monoisotopic (exact) mass is 300 g/mol. The molecule has 1 aromatic carbocycles. The predicted octanol–water partition coefficient (Wildman–Crippen LogP) is 2.74. The van der Waals surface area contributed by atoms with Gasteiger partial charge in [-0.25, -0.2) is 0 Å². The molecule has 1 aliphatic rings. The standard InChI is InChI=1S/C15H19F3N2O/c1-9-7-19-8-13(9)14(21)20-10(2)11-3-5-12(6-4-11)15(16,17)18/h3-6,9-10,13,19H,7-8H2,1-2H3,(H,20,21)/t9-,10?,13-/m1/s1. The van der Waals surface area contributed by atoms with Gasteiger partial charge in [-0.1, -0.05) is 19.1 Å². The molecule has 0 bridgehead atoms. The molecule has 3 nitrogen and oxygen atoms in total. The highest BCUT2D eigenvalue weighted by Gasteiger charge is 2.31. The maximum atomic E-state index is 12.5. The number of carbonyl (C=O) groups is 1. The van der Waals surface area contributed by atoms with Crippen LogP contribution in [0.2, 0.25) is 0 Å². The van der Waals surface area contributed by atoms with E-state index in [4.69, 9.17) is 0 Å². The molecule has 2 N–H and O–H groups in total. The minimum absolute atomic E-state index is 0.0557. The van der Waals surface area contributed by atoms with Gasteiger partial charge in [-0.3, -0.25) is 4.79 Å². The van der Waals surface area contributed by atoms with Crippen molar-refractivity contribution in [3.05, 3.63) is 35.4 Å². The quantitative estimate of drug-likeness (QED) is 0.901. The topological polar surface area (TPSA) is 41.1 Å². The Balaban J connectivity index is 2.00. The number of carbonyl (C=O) groups excluding carboxylic acids is 1. The fraction of sp³-hybridized carbons (Fsp3) is 0.533. The Kier molecular flexibility index (Phi) is 4.56. The van der Waals surface area contributed by atoms with Crippen LogP contribution in [0.5, 0.6) is 0 Å². The fourth-order valence-electron chi connectivity index (χ4n) is 2.53. The van der Waals surface area contributed by atoms with Crippen LogP contribution in [0.4, 0.5) is 13.2 Å². The van der Waals surface area contributed by atoms with Gasteiger partial charge < -0.3 is 10.6 Å². The van der Waals surface area contributed by atoms with Gasteiger partial charge in [0.15, 0.2) is 0 Å². The third-order valence-corrected chi connectivity index (χ3v) is 3.95. The number of alkyl halides is 3. The maximum absolute atomic E-state index is 12.5. The smallest absolute Gasteiger partial charge is 0.349 e. The number of nitrogens with one attached hydrogen (secondary N) is 2. The van der Waals surface area contributed by atoms with Crippen molar-refractivity contribution < 1.29 is 18.0 Å². The molecule has 0 radical (unpaired) electrons. The summed E-state index contributed by atoms with van der Waals surface area (Å²) in [4.78, 5) is 12.1. The molecule has 0 spiro atoms. The molecule has 1 aromatic rings. The van der Waals surface area contributed by atoms with Crippen LogP contribution < -0.4 is 10.6 Å². The highest BCUT2D eigenvalue weighted by Crippen LogP contribution is 2.30. The van der Waals surface area contributed by atoms with Crippen LogP contribution in [0.1, 0.15) is 31.0 Å². The number of halogens is 3. The number of benzene rings is 1. The highest BCUT2D eigenvalue weighted by atomic mass is 19.4. The van der Waals surface area contributed by atoms with E-state index in [0.717, 1.165) is 18.7 Å². The van der Waals surface area contributed by atoms with Gasteiger partial charge in [0.05, 0.1) is 17.5 Å². The van der Waals surface area contributed by atoms with E-state index in [0.29, 0.717) is 12.1 Å². The lowest BCUT2D eigenvalue weighted by Crippen LogP contribution is -2.35. The molecule has 6 heteroatoms. The van der Waals surface area contributed by atoms with Crippen LogP contribution in [0.25, 0.3) is 0 Å². The molecule has 1 heterocycles. The lowest BCUT2D eigenvalue weighted by atomic mass is 9.96. The van der Waals surface area contributed by atoms with Gasteiger partial charge in [-0.2, -0.15) is 13.2 Å². The SMILES string of the molecule is CC(NC(=O)[C@@H]1CNC[C@H]1C)c1ccc(C(F)(F)F)cc1. The zero-order chi connectivity index (χ0) is 15.6. The third kappa shape index (κ3) is 3.75. The van der Waals surface area contributed by atoms with E-state index in [1.807, 2.05) is 6.92 Å². The second kappa shape index (κ2) is 6.05. The van der Waals surface area contributed by atoms with E-state index in [-0.39, 0.29) is 23.8 Å². The summed E-state index contributed by atoms with van der Waals surface area (Å²) >= 11 is 0.